The maximum absolute atomic E-state index is 8.82. The fraction of sp³-hybridized carbons (Fsp3) is 0.222. The number of nitrogens with zero attached hydrogens (tertiary/aromatic N) is 4. The molecule has 0 amide bonds. The zero-order valence-corrected chi connectivity index (χ0v) is 12.8. The van der Waals surface area contributed by atoms with Crippen LogP contribution >= 0.6 is 0 Å². The fourth-order valence-electron chi connectivity index (χ4n) is 2.14. The van der Waals surface area contributed by atoms with Gasteiger partial charge in [-0.1, -0.05) is 0 Å². The smallest absolute Gasteiger partial charge is 0.0991 e. The van der Waals surface area contributed by atoms with Gasteiger partial charge in [0, 0.05) is 38.6 Å². The van der Waals surface area contributed by atoms with E-state index in [0.29, 0.717) is 11.1 Å². The fourth-order valence-corrected chi connectivity index (χ4v) is 2.14. The second-order valence-electron chi connectivity index (χ2n) is 5.16. The lowest BCUT2D eigenvalue weighted by molar-refractivity contribution is 0.833. The van der Waals surface area contributed by atoms with Gasteiger partial charge >= 0.3 is 0 Å². The van der Waals surface area contributed by atoms with Crippen molar-refractivity contribution < 1.29 is 0 Å². The van der Waals surface area contributed by atoms with Crippen molar-refractivity contribution in [3.8, 4) is 12.1 Å². The van der Waals surface area contributed by atoms with E-state index in [1.807, 2.05) is 62.6 Å². The molecule has 0 aromatic heterocycles. The summed E-state index contributed by atoms with van der Waals surface area (Å²) in [5, 5.41) is 17.6. The topological polar surface area (TPSA) is 54.1 Å². The predicted molar refractivity (Wildman–Crippen MR) is 88.9 cm³/mol. The van der Waals surface area contributed by atoms with E-state index in [9.17, 15) is 0 Å². The van der Waals surface area contributed by atoms with Crippen LogP contribution in [0.5, 0.6) is 0 Å². The summed E-state index contributed by atoms with van der Waals surface area (Å²) in [4.78, 5) is 4.31. The molecule has 2 aromatic rings. The lowest BCUT2D eigenvalue weighted by Crippen LogP contribution is -2.30. The van der Waals surface area contributed by atoms with E-state index in [2.05, 4.69) is 21.9 Å². The molecular weight excluding hydrogens is 272 g/mol. The van der Waals surface area contributed by atoms with Gasteiger partial charge in [-0.15, -0.1) is 0 Å². The Bertz CT molecular complexity index is 626. The molecule has 2 aromatic carbocycles. The minimum absolute atomic E-state index is 0.673. The molecule has 2 rings (SSSR count). The monoisotopic (exact) mass is 290 g/mol. The van der Waals surface area contributed by atoms with Crippen LogP contribution in [-0.4, -0.2) is 27.2 Å². The molecular formula is C18H18N4. The molecule has 0 fully saturated rings. The van der Waals surface area contributed by atoms with Gasteiger partial charge in [0.15, 0.2) is 0 Å². The average Bonchev–Trinajstić information content (AvgIpc) is 2.59. The first kappa shape index (κ1) is 15.4. The summed E-state index contributed by atoms with van der Waals surface area (Å²) in [6.07, 6.45) is 0. The van der Waals surface area contributed by atoms with Crippen molar-refractivity contribution in [2.75, 3.05) is 37.0 Å². The molecule has 0 spiro atoms. The number of likely N-dealkylation sites (N-methyl/N-ethyl adjacent to an activating group) is 2. The highest BCUT2D eigenvalue weighted by Gasteiger charge is 2.05. The summed E-state index contributed by atoms with van der Waals surface area (Å²) in [6, 6.07) is 19.4. The zero-order chi connectivity index (χ0) is 15.9. The van der Waals surface area contributed by atoms with Crippen molar-refractivity contribution in [1.29, 1.82) is 10.5 Å². The lowest BCUT2D eigenvalue weighted by Gasteiger charge is -2.25. The maximum Gasteiger partial charge on any atom is 0.0991 e. The molecule has 0 saturated carbocycles. The zero-order valence-electron chi connectivity index (χ0n) is 12.8. The maximum atomic E-state index is 8.82. The Morgan fingerprint density at radius 3 is 1.27 bits per heavy atom. The molecule has 0 aliphatic heterocycles. The van der Waals surface area contributed by atoms with Gasteiger partial charge in [0.05, 0.1) is 23.3 Å². The van der Waals surface area contributed by atoms with E-state index in [1.165, 1.54) is 0 Å². The van der Waals surface area contributed by atoms with Crippen LogP contribution in [0.2, 0.25) is 0 Å². The van der Waals surface area contributed by atoms with E-state index in [0.717, 1.165) is 24.5 Å². The molecule has 0 N–H and O–H groups in total. The average molecular weight is 290 g/mol. The number of anilines is 2. The highest BCUT2D eigenvalue weighted by Crippen LogP contribution is 2.15. The third-order valence-corrected chi connectivity index (χ3v) is 3.65. The molecule has 22 heavy (non-hydrogen) atoms. The van der Waals surface area contributed by atoms with E-state index in [4.69, 9.17) is 10.5 Å². The molecule has 0 aliphatic rings. The molecule has 110 valence electrons. The van der Waals surface area contributed by atoms with Crippen LogP contribution in [0, 0.1) is 22.7 Å². The summed E-state index contributed by atoms with van der Waals surface area (Å²) < 4.78 is 0. The van der Waals surface area contributed by atoms with Crippen LogP contribution < -0.4 is 9.80 Å². The number of rotatable bonds is 5. The van der Waals surface area contributed by atoms with Crippen LogP contribution in [-0.2, 0) is 0 Å². The molecule has 4 nitrogen and oxygen atoms in total. The van der Waals surface area contributed by atoms with E-state index >= 15 is 0 Å². The Hall–Kier alpha value is -2.98. The normalized spacial score (nSPS) is 9.64. The lowest BCUT2D eigenvalue weighted by atomic mass is 10.2. The number of hydrogen-bond donors (Lipinski definition) is 0. The number of hydrogen-bond acceptors (Lipinski definition) is 4. The number of benzene rings is 2. The molecule has 0 saturated heterocycles. The van der Waals surface area contributed by atoms with Crippen molar-refractivity contribution >= 4 is 11.4 Å². The second kappa shape index (κ2) is 7.15. The van der Waals surface area contributed by atoms with Crippen LogP contribution in [0.1, 0.15) is 11.1 Å². The van der Waals surface area contributed by atoms with Crippen molar-refractivity contribution in [3.63, 3.8) is 0 Å². The van der Waals surface area contributed by atoms with Crippen molar-refractivity contribution in [2.45, 2.75) is 0 Å². The predicted octanol–water partition coefficient (Wildman–Crippen LogP) is 3.00. The van der Waals surface area contributed by atoms with Crippen LogP contribution in [0.15, 0.2) is 48.5 Å². The highest BCUT2D eigenvalue weighted by molar-refractivity contribution is 5.51. The van der Waals surface area contributed by atoms with Gasteiger partial charge in [0.1, 0.15) is 0 Å². The van der Waals surface area contributed by atoms with Crippen molar-refractivity contribution in [1.82, 2.24) is 0 Å². The van der Waals surface area contributed by atoms with Crippen LogP contribution in [0.3, 0.4) is 0 Å². The Morgan fingerprint density at radius 2 is 1.00 bits per heavy atom. The highest BCUT2D eigenvalue weighted by atomic mass is 15.2. The summed E-state index contributed by atoms with van der Waals surface area (Å²) in [5.74, 6) is 0. The van der Waals surface area contributed by atoms with Gasteiger partial charge in [0.25, 0.3) is 0 Å². The van der Waals surface area contributed by atoms with Crippen molar-refractivity contribution in [3.05, 3.63) is 59.7 Å². The minimum atomic E-state index is 0.673. The van der Waals surface area contributed by atoms with Crippen LogP contribution in [0.4, 0.5) is 11.4 Å². The third kappa shape index (κ3) is 3.77. The van der Waals surface area contributed by atoms with E-state index in [1.54, 1.807) is 0 Å². The Labute approximate surface area is 131 Å². The molecule has 0 radical (unpaired) electrons. The summed E-state index contributed by atoms with van der Waals surface area (Å²) in [7, 11) is 4.07. The largest absolute Gasteiger partial charge is 0.373 e. The quantitative estimate of drug-likeness (QED) is 0.849. The summed E-state index contributed by atoms with van der Waals surface area (Å²) in [5.41, 5.74) is 3.53. The molecule has 0 bridgehead atoms. The molecule has 4 heteroatoms. The first-order valence-electron chi connectivity index (χ1n) is 7.06. The molecule has 0 unspecified atom stereocenters. The van der Waals surface area contributed by atoms with Crippen molar-refractivity contribution in [2.24, 2.45) is 0 Å². The Balaban J connectivity index is 1.93. The van der Waals surface area contributed by atoms with Gasteiger partial charge in [-0.25, -0.2) is 0 Å². The van der Waals surface area contributed by atoms with E-state index < -0.39 is 0 Å². The van der Waals surface area contributed by atoms with Gasteiger partial charge < -0.3 is 9.80 Å². The molecule has 0 heterocycles. The second-order valence-corrected chi connectivity index (χ2v) is 5.16. The molecule has 0 atom stereocenters. The van der Waals surface area contributed by atoms with Gasteiger partial charge in [0.2, 0.25) is 0 Å². The first-order valence-corrected chi connectivity index (χ1v) is 7.06. The van der Waals surface area contributed by atoms with Gasteiger partial charge in [-0.05, 0) is 48.5 Å². The standard InChI is InChI=1S/C18H18N4/c1-21(17-7-3-15(13-19)4-8-17)11-12-22(2)18-9-5-16(14-20)6-10-18/h3-10H,11-12H2,1-2H3. The third-order valence-electron chi connectivity index (χ3n) is 3.65. The van der Waals surface area contributed by atoms with Gasteiger partial charge in [-0.2, -0.15) is 10.5 Å². The Morgan fingerprint density at radius 1 is 0.682 bits per heavy atom. The first-order chi connectivity index (χ1) is 10.6. The van der Waals surface area contributed by atoms with Gasteiger partial charge in [-0.3, -0.25) is 0 Å². The van der Waals surface area contributed by atoms with Crippen LogP contribution in [0.25, 0.3) is 0 Å². The summed E-state index contributed by atoms with van der Waals surface area (Å²) >= 11 is 0. The Kier molecular flexibility index (Phi) is 5.01. The minimum Gasteiger partial charge on any atom is -0.373 e. The number of nitriles is 2. The SMILES string of the molecule is CN(CCN(C)c1ccc(C#N)cc1)c1ccc(C#N)cc1. The van der Waals surface area contributed by atoms with E-state index in [-0.39, 0.29) is 0 Å². The summed E-state index contributed by atoms with van der Waals surface area (Å²) in [6.45, 7) is 1.73. The molecule has 0 aliphatic carbocycles.